The Kier molecular flexibility index (Phi) is 3.58. The van der Waals surface area contributed by atoms with Crippen LogP contribution >= 0.6 is 0 Å². The topological polar surface area (TPSA) is 36.4 Å². The molecule has 0 aliphatic heterocycles. The van der Waals surface area contributed by atoms with Gasteiger partial charge in [0, 0.05) is 18.4 Å². The maximum Gasteiger partial charge on any atom is 0.132 e. The first-order chi connectivity index (χ1) is 8.61. The van der Waals surface area contributed by atoms with Gasteiger partial charge in [0.2, 0.25) is 0 Å². The van der Waals surface area contributed by atoms with Crippen molar-refractivity contribution in [2.24, 2.45) is 0 Å². The van der Waals surface area contributed by atoms with E-state index >= 15 is 0 Å². The summed E-state index contributed by atoms with van der Waals surface area (Å²) < 4.78 is 12.9. The quantitative estimate of drug-likeness (QED) is 0.904. The summed E-state index contributed by atoms with van der Waals surface area (Å²) >= 11 is 0. The Labute approximate surface area is 106 Å². The molecule has 0 spiro atoms. The summed E-state index contributed by atoms with van der Waals surface area (Å²) in [7, 11) is 1.87. The minimum Gasteiger partial charge on any atom is -0.392 e. The molecule has 4 heteroatoms. The van der Waals surface area contributed by atoms with Crippen LogP contribution in [0.1, 0.15) is 11.3 Å². The van der Waals surface area contributed by atoms with Crippen molar-refractivity contribution >= 4 is 11.5 Å². The van der Waals surface area contributed by atoms with E-state index in [9.17, 15) is 4.39 Å². The molecular weight excluding hydrogens is 231 g/mol. The number of nitrogens with zero attached hydrogens (tertiary/aromatic N) is 2. The number of pyridine rings is 1. The van der Waals surface area contributed by atoms with Crippen molar-refractivity contribution in [1.82, 2.24) is 4.98 Å². The first-order valence-electron chi connectivity index (χ1n) is 5.68. The van der Waals surface area contributed by atoms with Crippen molar-refractivity contribution in [1.29, 1.82) is 0 Å². The lowest BCUT2D eigenvalue weighted by molar-refractivity contribution is 0.280. The van der Waals surface area contributed by atoms with Crippen LogP contribution in [-0.4, -0.2) is 17.1 Å². The summed E-state index contributed by atoms with van der Waals surface area (Å²) in [5, 5.41) is 9.10. The van der Waals surface area contributed by atoms with Crippen LogP contribution in [0, 0.1) is 12.7 Å². The SMILES string of the molecule is Cc1nc(N(C)c2ccc(F)cc2)ccc1CO. The lowest BCUT2D eigenvalue weighted by atomic mass is 10.2. The fourth-order valence-corrected chi connectivity index (χ4v) is 1.73. The average Bonchev–Trinajstić information content (AvgIpc) is 2.38. The second-order valence-electron chi connectivity index (χ2n) is 4.11. The summed E-state index contributed by atoms with van der Waals surface area (Å²) in [6.07, 6.45) is 0. The van der Waals surface area contributed by atoms with Gasteiger partial charge in [0.25, 0.3) is 0 Å². The second-order valence-corrected chi connectivity index (χ2v) is 4.11. The van der Waals surface area contributed by atoms with Crippen molar-refractivity contribution in [2.45, 2.75) is 13.5 Å². The summed E-state index contributed by atoms with van der Waals surface area (Å²) in [5.74, 6) is 0.503. The monoisotopic (exact) mass is 246 g/mol. The third-order valence-corrected chi connectivity index (χ3v) is 2.91. The zero-order valence-corrected chi connectivity index (χ0v) is 10.4. The van der Waals surface area contributed by atoms with E-state index in [4.69, 9.17) is 5.11 Å². The molecule has 2 rings (SSSR count). The second kappa shape index (κ2) is 5.14. The van der Waals surface area contributed by atoms with Gasteiger partial charge in [0.15, 0.2) is 0 Å². The first-order valence-corrected chi connectivity index (χ1v) is 5.68. The van der Waals surface area contributed by atoms with Crippen molar-refractivity contribution in [3.05, 3.63) is 53.5 Å². The Balaban J connectivity index is 2.31. The van der Waals surface area contributed by atoms with E-state index in [1.807, 2.05) is 31.0 Å². The van der Waals surface area contributed by atoms with Gasteiger partial charge < -0.3 is 10.0 Å². The molecule has 0 amide bonds. The number of halogens is 1. The fourth-order valence-electron chi connectivity index (χ4n) is 1.73. The smallest absolute Gasteiger partial charge is 0.132 e. The molecule has 1 N–H and O–H groups in total. The minimum atomic E-state index is -0.257. The number of benzene rings is 1. The van der Waals surface area contributed by atoms with Gasteiger partial charge in [-0.25, -0.2) is 9.37 Å². The molecule has 0 unspecified atom stereocenters. The van der Waals surface area contributed by atoms with Gasteiger partial charge in [0.1, 0.15) is 11.6 Å². The Morgan fingerprint density at radius 2 is 1.83 bits per heavy atom. The number of aliphatic hydroxyl groups is 1. The Hall–Kier alpha value is -1.94. The van der Waals surface area contributed by atoms with Crippen LogP contribution < -0.4 is 4.90 Å². The summed E-state index contributed by atoms with van der Waals surface area (Å²) in [5.41, 5.74) is 2.47. The number of aryl methyl sites for hydroxylation is 1. The van der Waals surface area contributed by atoms with E-state index in [2.05, 4.69) is 4.98 Å². The Bertz CT molecular complexity index is 540. The molecule has 0 aliphatic rings. The third-order valence-electron chi connectivity index (χ3n) is 2.91. The van der Waals surface area contributed by atoms with Crippen molar-refractivity contribution in [3.63, 3.8) is 0 Å². The molecule has 1 aromatic carbocycles. The minimum absolute atomic E-state index is 0.0145. The van der Waals surface area contributed by atoms with Crippen LogP contribution in [0.4, 0.5) is 15.9 Å². The average molecular weight is 246 g/mol. The molecule has 1 aromatic heterocycles. The number of aliphatic hydroxyl groups excluding tert-OH is 1. The molecule has 0 radical (unpaired) electrons. The molecule has 0 saturated carbocycles. The zero-order valence-electron chi connectivity index (χ0n) is 10.4. The molecule has 0 aliphatic carbocycles. The van der Waals surface area contributed by atoms with Crippen LogP contribution in [0.2, 0.25) is 0 Å². The molecule has 0 fully saturated rings. The normalized spacial score (nSPS) is 10.4. The van der Waals surface area contributed by atoms with E-state index in [0.717, 1.165) is 22.8 Å². The molecule has 1 heterocycles. The Morgan fingerprint density at radius 1 is 1.17 bits per heavy atom. The predicted octanol–water partition coefficient (Wildman–Crippen LogP) is 2.79. The van der Waals surface area contributed by atoms with Crippen LogP contribution in [0.25, 0.3) is 0 Å². The van der Waals surface area contributed by atoms with Crippen LogP contribution in [0.3, 0.4) is 0 Å². The summed E-state index contributed by atoms with van der Waals surface area (Å²) in [4.78, 5) is 6.28. The number of hydrogen-bond donors (Lipinski definition) is 1. The molecule has 0 atom stereocenters. The summed E-state index contributed by atoms with van der Waals surface area (Å²) in [6.45, 7) is 1.84. The van der Waals surface area contributed by atoms with Crippen LogP contribution in [0.15, 0.2) is 36.4 Å². The van der Waals surface area contributed by atoms with Crippen LogP contribution in [0.5, 0.6) is 0 Å². The number of hydrogen-bond acceptors (Lipinski definition) is 3. The standard InChI is InChI=1S/C14H15FN2O/c1-10-11(9-18)3-8-14(16-10)17(2)13-6-4-12(15)5-7-13/h3-8,18H,9H2,1-2H3. The predicted molar refractivity (Wildman–Crippen MR) is 69.4 cm³/mol. The van der Waals surface area contributed by atoms with E-state index in [0.29, 0.717) is 0 Å². The lowest BCUT2D eigenvalue weighted by Gasteiger charge is -2.19. The van der Waals surface area contributed by atoms with Crippen molar-refractivity contribution < 1.29 is 9.50 Å². The van der Waals surface area contributed by atoms with Crippen molar-refractivity contribution in [3.8, 4) is 0 Å². The van der Waals surface area contributed by atoms with E-state index < -0.39 is 0 Å². The highest BCUT2D eigenvalue weighted by Crippen LogP contribution is 2.22. The molecule has 0 saturated heterocycles. The van der Waals surface area contributed by atoms with Gasteiger partial charge in [-0.15, -0.1) is 0 Å². The maximum atomic E-state index is 12.9. The Morgan fingerprint density at radius 3 is 2.39 bits per heavy atom. The van der Waals surface area contributed by atoms with Gasteiger partial charge in [-0.2, -0.15) is 0 Å². The van der Waals surface area contributed by atoms with E-state index in [1.54, 1.807) is 12.1 Å². The zero-order chi connectivity index (χ0) is 13.1. The van der Waals surface area contributed by atoms with Crippen molar-refractivity contribution in [2.75, 3.05) is 11.9 Å². The highest BCUT2D eigenvalue weighted by Gasteiger charge is 2.07. The lowest BCUT2D eigenvalue weighted by Crippen LogP contribution is -2.12. The molecule has 94 valence electrons. The molecule has 3 nitrogen and oxygen atoms in total. The highest BCUT2D eigenvalue weighted by molar-refractivity contribution is 5.59. The molecule has 2 aromatic rings. The number of anilines is 2. The molecule has 18 heavy (non-hydrogen) atoms. The summed E-state index contributed by atoms with van der Waals surface area (Å²) in [6, 6.07) is 9.92. The van der Waals surface area contributed by atoms with Gasteiger partial charge >= 0.3 is 0 Å². The number of aromatic nitrogens is 1. The van der Waals surface area contributed by atoms with Gasteiger partial charge in [-0.3, -0.25) is 0 Å². The first kappa shape index (κ1) is 12.5. The highest BCUT2D eigenvalue weighted by atomic mass is 19.1. The van der Waals surface area contributed by atoms with Gasteiger partial charge in [-0.05, 0) is 42.8 Å². The number of rotatable bonds is 3. The van der Waals surface area contributed by atoms with E-state index in [-0.39, 0.29) is 12.4 Å². The largest absolute Gasteiger partial charge is 0.392 e. The molecular formula is C14H15FN2O. The third kappa shape index (κ3) is 2.49. The van der Waals surface area contributed by atoms with Gasteiger partial charge in [0.05, 0.1) is 6.61 Å². The molecule has 0 bridgehead atoms. The van der Waals surface area contributed by atoms with Gasteiger partial charge in [-0.1, -0.05) is 6.07 Å². The maximum absolute atomic E-state index is 12.9. The van der Waals surface area contributed by atoms with E-state index in [1.165, 1.54) is 12.1 Å². The van der Waals surface area contributed by atoms with Crippen LogP contribution in [-0.2, 0) is 6.61 Å². The fraction of sp³-hybridized carbons (Fsp3) is 0.214.